The fraction of sp³-hybridized carbons (Fsp3) is 0.800. The third-order valence-corrected chi connectivity index (χ3v) is 4.15. The molecule has 13 heavy (non-hydrogen) atoms. The molecule has 0 saturated carbocycles. The molecule has 1 heterocycles. The van der Waals surface area contributed by atoms with E-state index in [1.165, 1.54) is 5.57 Å². The van der Waals surface area contributed by atoms with Gasteiger partial charge in [-0.15, -0.1) is 0 Å². The standard InChI is InChI=1S/C10H19NOS/c1-8-6-9(2)11(7-8)13(12)10(3,4)5/h9H,1,6-7H2,2-5H3/t9-,13?/m0/s1. The molecule has 1 unspecified atom stereocenters. The zero-order valence-corrected chi connectivity index (χ0v) is 9.78. The molecule has 0 spiro atoms. The summed E-state index contributed by atoms with van der Waals surface area (Å²) in [4.78, 5) is 0. The normalized spacial score (nSPS) is 28.0. The molecular formula is C10H19NOS. The number of rotatable bonds is 1. The molecule has 2 atom stereocenters. The number of nitrogens with zero attached hydrogens (tertiary/aromatic N) is 1. The van der Waals surface area contributed by atoms with Crippen LogP contribution < -0.4 is 0 Å². The van der Waals surface area contributed by atoms with E-state index in [1.807, 2.05) is 25.1 Å². The Morgan fingerprint density at radius 1 is 1.54 bits per heavy atom. The van der Waals surface area contributed by atoms with Crippen LogP contribution >= 0.6 is 0 Å². The van der Waals surface area contributed by atoms with E-state index in [4.69, 9.17) is 0 Å². The zero-order chi connectivity index (χ0) is 10.2. The molecule has 2 nitrogen and oxygen atoms in total. The van der Waals surface area contributed by atoms with Gasteiger partial charge in [-0.25, -0.2) is 8.51 Å². The smallest absolute Gasteiger partial charge is 0.100 e. The Balaban J connectivity index is 2.74. The molecule has 3 heteroatoms. The lowest BCUT2D eigenvalue weighted by molar-refractivity contribution is 0.429. The minimum atomic E-state index is -0.891. The molecule has 0 aromatic heterocycles. The van der Waals surface area contributed by atoms with Gasteiger partial charge in [-0.2, -0.15) is 0 Å². The van der Waals surface area contributed by atoms with E-state index < -0.39 is 11.0 Å². The predicted molar refractivity (Wildman–Crippen MR) is 57.8 cm³/mol. The van der Waals surface area contributed by atoms with Crippen LogP contribution in [0.15, 0.2) is 12.2 Å². The van der Waals surface area contributed by atoms with E-state index in [2.05, 4.69) is 13.5 Å². The van der Waals surface area contributed by atoms with Crippen LogP contribution in [0.5, 0.6) is 0 Å². The van der Waals surface area contributed by atoms with E-state index in [0.29, 0.717) is 6.04 Å². The van der Waals surface area contributed by atoms with Crippen molar-refractivity contribution in [3.8, 4) is 0 Å². The molecule has 0 aliphatic carbocycles. The van der Waals surface area contributed by atoms with Gasteiger partial charge in [-0.05, 0) is 34.1 Å². The molecule has 0 bridgehead atoms. The summed E-state index contributed by atoms with van der Waals surface area (Å²) in [5.41, 5.74) is 1.20. The average Bonchev–Trinajstić information content (AvgIpc) is 2.26. The van der Waals surface area contributed by atoms with Gasteiger partial charge < -0.3 is 0 Å². The first-order valence-electron chi connectivity index (χ1n) is 4.67. The summed E-state index contributed by atoms with van der Waals surface area (Å²) in [6.45, 7) is 12.9. The fourth-order valence-electron chi connectivity index (χ4n) is 1.53. The van der Waals surface area contributed by atoms with Crippen LogP contribution in [0, 0.1) is 0 Å². The van der Waals surface area contributed by atoms with E-state index in [9.17, 15) is 4.21 Å². The predicted octanol–water partition coefficient (Wildman–Crippen LogP) is 2.10. The maximum absolute atomic E-state index is 12.0. The molecule has 1 aliphatic rings. The summed E-state index contributed by atoms with van der Waals surface area (Å²) in [5, 5.41) is 0. The Kier molecular flexibility index (Phi) is 2.98. The van der Waals surface area contributed by atoms with Gasteiger partial charge in [0.1, 0.15) is 11.0 Å². The monoisotopic (exact) mass is 201 g/mol. The SMILES string of the molecule is C=C1C[C@H](C)N(S(=O)C(C)(C)C)C1. The lowest BCUT2D eigenvalue weighted by Crippen LogP contribution is -2.39. The summed E-state index contributed by atoms with van der Waals surface area (Å²) < 4.78 is 13.9. The Hall–Kier alpha value is -0.150. The summed E-state index contributed by atoms with van der Waals surface area (Å²) in [7, 11) is -0.891. The molecule has 76 valence electrons. The van der Waals surface area contributed by atoms with Crippen molar-refractivity contribution in [3.63, 3.8) is 0 Å². The molecular weight excluding hydrogens is 182 g/mol. The van der Waals surface area contributed by atoms with E-state index in [-0.39, 0.29) is 4.75 Å². The van der Waals surface area contributed by atoms with Crippen molar-refractivity contribution < 1.29 is 4.21 Å². The summed E-state index contributed by atoms with van der Waals surface area (Å²) in [6, 6.07) is 0.382. The molecule has 1 saturated heterocycles. The summed E-state index contributed by atoms with van der Waals surface area (Å²) >= 11 is 0. The number of hydrogen-bond acceptors (Lipinski definition) is 1. The van der Waals surface area contributed by atoms with Gasteiger partial charge in [0.05, 0.1) is 4.75 Å². The lowest BCUT2D eigenvalue weighted by Gasteiger charge is -2.27. The van der Waals surface area contributed by atoms with Crippen molar-refractivity contribution in [1.82, 2.24) is 4.31 Å². The maximum Gasteiger partial charge on any atom is 0.100 e. The van der Waals surface area contributed by atoms with Gasteiger partial charge in [0.2, 0.25) is 0 Å². The van der Waals surface area contributed by atoms with Gasteiger partial charge in [-0.1, -0.05) is 12.2 Å². The first-order valence-corrected chi connectivity index (χ1v) is 5.78. The van der Waals surface area contributed by atoms with Crippen molar-refractivity contribution in [2.45, 2.75) is 44.9 Å². The molecule has 0 aromatic carbocycles. The van der Waals surface area contributed by atoms with Gasteiger partial charge >= 0.3 is 0 Å². The maximum atomic E-state index is 12.0. The second kappa shape index (κ2) is 3.54. The number of hydrogen-bond donors (Lipinski definition) is 0. The van der Waals surface area contributed by atoms with Gasteiger partial charge in [0.15, 0.2) is 0 Å². The average molecular weight is 201 g/mol. The molecule has 1 rings (SSSR count). The van der Waals surface area contributed by atoms with E-state index in [0.717, 1.165) is 13.0 Å². The second-order valence-corrected chi connectivity index (χ2v) is 6.93. The Morgan fingerprint density at radius 2 is 2.08 bits per heavy atom. The second-order valence-electron chi connectivity index (χ2n) is 4.74. The van der Waals surface area contributed by atoms with E-state index >= 15 is 0 Å². The molecule has 0 aromatic rings. The fourth-order valence-corrected chi connectivity index (χ4v) is 2.94. The highest BCUT2D eigenvalue weighted by atomic mass is 32.2. The first kappa shape index (κ1) is 10.9. The molecule has 0 amide bonds. The van der Waals surface area contributed by atoms with Crippen molar-refractivity contribution in [1.29, 1.82) is 0 Å². The van der Waals surface area contributed by atoms with Crippen LogP contribution in [0.3, 0.4) is 0 Å². The van der Waals surface area contributed by atoms with Crippen molar-refractivity contribution >= 4 is 11.0 Å². The highest BCUT2D eigenvalue weighted by Gasteiger charge is 2.33. The van der Waals surface area contributed by atoms with Crippen LogP contribution in [-0.2, 0) is 11.0 Å². The largest absolute Gasteiger partial charge is 0.242 e. The van der Waals surface area contributed by atoms with Crippen LogP contribution in [0.2, 0.25) is 0 Å². The quantitative estimate of drug-likeness (QED) is 0.595. The Labute approximate surface area is 83.6 Å². The van der Waals surface area contributed by atoms with Gasteiger partial charge in [0.25, 0.3) is 0 Å². The molecule has 0 radical (unpaired) electrons. The third-order valence-electron chi connectivity index (χ3n) is 2.19. The Bertz CT molecular complexity index is 242. The highest BCUT2D eigenvalue weighted by molar-refractivity contribution is 7.84. The Morgan fingerprint density at radius 3 is 2.38 bits per heavy atom. The topological polar surface area (TPSA) is 20.3 Å². The minimum absolute atomic E-state index is 0.154. The van der Waals surface area contributed by atoms with Crippen LogP contribution in [-0.4, -0.2) is 25.8 Å². The van der Waals surface area contributed by atoms with Crippen molar-refractivity contribution in [2.75, 3.05) is 6.54 Å². The van der Waals surface area contributed by atoms with Gasteiger partial charge in [0, 0.05) is 12.6 Å². The lowest BCUT2D eigenvalue weighted by atomic mass is 10.2. The summed E-state index contributed by atoms with van der Waals surface area (Å²) in [5.74, 6) is 0. The van der Waals surface area contributed by atoms with Crippen molar-refractivity contribution in [3.05, 3.63) is 12.2 Å². The van der Waals surface area contributed by atoms with Crippen molar-refractivity contribution in [2.24, 2.45) is 0 Å². The van der Waals surface area contributed by atoms with Crippen LogP contribution in [0.4, 0.5) is 0 Å². The summed E-state index contributed by atoms with van der Waals surface area (Å²) in [6.07, 6.45) is 0.988. The van der Waals surface area contributed by atoms with E-state index in [1.54, 1.807) is 0 Å². The highest BCUT2D eigenvalue weighted by Crippen LogP contribution is 2.27. The van der Waals surface area contributed by atoms with Crippen LogP contribution in [0.1, 0.15) is 34.1 Å². The molecule has 1 aliphatic heterocycles. The first-order chi connectivity index (χ1) is 5.82. The third kappa shape index (κ3) is 2.41. The zero-order valence-electron chi connectivity index (χ0n) is 8.96. The molecule has 0 N–H and O–H groups in total. The molecule has 1 fully saturated rings. The minimum Gasteiger partial charge on any atom is -0.242 e. The van der Waals surface area contributed by atoms with Crippen LogP contribution in [0.25, 0.3) is 0 Å². The van der Waals surface area contributed by atoms with Gasteiger partial charge in [-0.3, -0.25) is 0 Å².